The van der Waals surface area contributed by atoms with Crippen molar-refractivity contribution in [1.29, 1.82) is 0 Å². The fourth-order valence-corrected chi connectivity index (χ4v) is 5.60. The monoisotopic (exact) mass is 269 g/mol. The third kappa shape index (κ3) is 2.20. The molecule has 1 aromatic rings. The number of hydrogen-bond donors (Lipinski definition) is 1. The first kappa shape index (κ1) is 12.9. The Kier molecular flexibility index (Phi) is 3.34. The summed E-state index contributed by atoms with van der Waals surface area (Å²) < 4.78 is 0. The van der Waals surface area contributed by atoms with Gasteiger partial charge in [-0.05, 0) is 79.4 Å². The molecule has 5 rings (SSSR count). The molecule has 0 heterocycles. The average molecular weight is 269 g/mol. The molecule has 4 saturated carbocycles. The summed E-state index contributed by atoms with van der Waals surface area (Å²) in [6.07, 6.45) is 7.66. The van der Waals surface area contributed by atoms with Gasteiger partial charge in [-0.3, -0.25) is 0 Å². The molecule has 4 bridgehead atoms. The van der Waals surface area contributed by atoms with Gasteiger partial charge in [0.25, 0.3) is 0 Å². The van der Waals surface area contributed by atoms with Crippen LogP contribution in [0.2, 0.25) is 0 Å². The van der Waals surface area contributed by atoms with Crippen LogP contribution in [0.5, 0.6) is 0 Å². The van der Waals surface area contributed by atoms with Gasteiger partial charge in [-0.1, -0.05) is 31.2 Å². The Morgan fingerprint density at radius 1 is 0.900 bits per heavy atom. The Balaban J connectivity index is 1.52. The van der Waals surface area contributed by atoms with Gasteiger partial charge in [0, 0.05) is 6.54 Å². The molecule has 0 aliphatic heterocycles. The molecule has 1 heteroatoms. The molecule has 4 aliphatic carbocycles. The van der Waals surface area contributed by atoms with E-state index in [0.717, 1.165) is 42.7 Å². The van der Waals surface area contributed by atoms with Gasteiger partial charge in [-0.15, -0.1) is 0 Å². The highest BCUT2D eigenvalue weighted by molar-refractivity contribution is 5.28. The molecule has 0 unspecified atom stereocenters. The Bertz CT molecular complexity index is 433. The highest BCUT2D eigenvalue weighted by Gasteiger charge is 2.48. The van der Waals surface area contributed by atoms with Crippen LogP contribution < -0.4 is 5.32 Å². The summed E-state index contributed by atoms with van der Waals surface area (Å²) in [5.74, 6) is 5.07. The van der Waals surface area contributed by atoms with E-state index in [1.807, 2.05) is 0 Å². The summed E-state index contributed by atoms with van der Waals surface area (Å²) >= 11 is 0. The Morgan fingerprint density at radius 2 is 1.50 bits per heavy atom. The molecule has 1 N–H and O–H groups in total. The van der Waals surface area contributed by atoms with E-state index in [9.17, 15) is 0 Å². The molecule has 0 aromatic heterocycles. The molecule has 1 nitrogen and oxygen atoms in total. The lowest BCUT2D eigenvalue weighted by Gasteiger charge is -2.54. The smallest absolute Gasteiger partial charge is 0.0205 e. The zero-order valence-electron chi connectivity index (χ0n) is 12.6. The second kappa shape index (κ2) is 5.18. The minimum Gasteiger partial charge on any atom is -0.313 e. The molecule has 4 aliphatic rings. The van der Waals surface area contributed by atoms with E-state index in [4.69, 9.17) is 0 Å². The van der Waals surface area contributed by atoms with Gasteiger partial charge in [-0.25, -0.2) is 0 Å². The predicted molar refractivity (Wildman–Crippen MR) is 83.6 cm³/mol. The fraction of sp³-hybridized carbons (Fsp3) is 0.684. The largest absolute Gasteiger partial charge is 0.313 e. The van der Waals surface area contributed by atoms with E-state index in [1.54, 1.807) is 12.0 Å². The summed E-state index contributed by atoms with van der Waals surface area (Å²) in [4.78, 5) is 0. The first-order chi connectivity index (χ1) is 9.83. The summed E-state index contributed by atoms with van der Waals surface area (Å²) in [7, 11) is 0. The third-order valence-electron chi connectivity index (χ3n) is 6.17. The molecule has 1 aromatic carbocycles. The Hall–Kier alpha value is -0.820. The van der Waals surface area contributed by atoms with E-state index < -0.39 is 0 Å². The molecule has 4 fully saturated rings. The predicted octanol–water partition coefficient (Wildman–Crippen LogP) is 4.34. The van der Waals surface area contributed by atoms with Crippen molar-refractivity contribution in [2.75, 3.05) is 6.54 Å². The number of rotatable bonds is 4. The van der Waals surface area contributed by atoms with Crippen LogP contribution in [0.4, 0.5) is 0 Å². The van der Waals surface area contributed by atoms with Gasteiger partial charge >= 0.3 is 0 Å². The van der Waals surface area contributed by atoms with Crippen LogP contribution >= 0.6 is 0 Å². The lowest BCUT2D eigenvalue weighted by atomic mass is 9.51. The topological polar surface area (TPSA) is 12.0 Å². The van der Waals surface area contributed by atoms with Crippen LogP contribution in [0.1, 0.15) is 56.1 Å². The van der Waals surface area contributed by atoms with E-state index in [-0.39, 0.29) is 0 Å². The van der Waals surface area contributed by atoms with Crippen molar-refractivity contribution in [3.63, 3.8) is 0 Å². The molecule has 108 valence electrons. The van der Waals surface area contributed by atoms with Crippen LogP contribution in [0, 0.1) is 23.7 Å². The molecule has 20 heavy (non-hydrogen) atoms. The van der Waals surface area contributed by atoms with Gasteiger partial charge in [0.1, 0.15) is 0 Å². The second-order valence-electron chi connectivity index (χ2n) is 7.48. The number of hydrogen-bond acceptors (Lipinski definition) is 1. The van der Waals surface area contributed by atoms with Crippen LogP contribution in [0.3, 0.4) is 0 Å². The van der Waals surface area contributed by atoms with E-state index in [1.165, 1.54) is 31.2 Å². The summed E-state index contributed by atoms with van der Waals surface area (Å²) in [6.45, 7) is 4.23. The molecule has 0 atom stereocenters. The maximum atomic E-state index is 3.42. The minimum absolute atomic E-state index is 0.885. The van der Waals surface area contributed by atoms with Crippen LogP contribution in [0.25, 0.3) is 0 Å². The highest BCUT2D eigenvalue weighted by Crippen LogP contribution is 2.59. The van der Waals surface area contributed by atoms with Crippen molar-refractivity contribution >= 4 is 0 Å². The average Bonchev–Trinajstić information content (AvgIpc) is 2.45. The van der Waals surface area contributed by atoms with Crippen molar-refractivity contribution in [3.05, 3.63) is 35.4 Å². The summed E-state index contributed by atoms with van der Waals surface area (Å²) in [6, 6.07) is 9.56. The molecular weight excluding hydrogens is 242 g/mol. The SMILES string of the molecule is CCNCc1ccc(C2C3CC4CC(C3)CC2C4)cc1. The zero-order chi connectivity index (χ0) is 13.5. The van der Waals surface area contributed by atoms with Crippen LogP contribution in [-0.2, 0) is 6.54 Å². The van der Waals surface area contributed by atoms with Crippen molar-refractivity contribution in [1.82, 2.24) is 5.32 Å². The third-order valence-corrected chi connectivity index (χ3v) is 6.17. The molecule has 0 radical (unpaired) electrons. The van der Waals surface area contributed by atoms with Crippen LogP contribution in [-0.4, -0.2) is 6.54 Å². The zero-order valence-corrected chi connectivity index (χ0v) is 12.6. The van der Waals surface area contributed by atoms with Crippen LogP contribution in [0.15, 0.2) is 24.3 Å². The number of benzene rings is 1. The van der Waals surface area contributed by atoms with Gasteiger partial charge in [0.15, 0.2) is 0 Å². The van der Waals surface area contributed by atoms with E-state index >= 15 is 0 Å². The molecule has 0 amide bonds. The lowest BCUT2D eigenvalue weighted by Crippen LogP contribution is -2.43. The van der Waals surface area contributed by atoms with Crippen molar-refractivity contribution in [2.45, 2.75) is 51.5 Å². The standard InChI is InChI=1S/C19H27N/c1-2-20-12-13-3-5-16(6-4-13)19-17-8-14-7-15(10-17)11-18(19)9-14/h3-6,14-15,17-20H,2,7-12H2,1H3. The van der Waals surface area contributed by atoms with Crippen molar-refractivity contribution < 1.29 is 0 Å². The first-order valence-electron chi connectivity index (χ1n) is 8.63. The minimum atomic E-state index is 0.885. The summed E-state index contributed by atoms with van der Waals surface area (Å²) in [5, 5.41) is 3.42. The lowest BCUT2D eigenvalue weighted by molar-refractivity contribution is -0.00278. The highest BCUT2D eigenvalue weighted by atomic mass is 14.8. The van der Waals surface area contributed by atoms with Gasteiger partial charge in [0.05, 0.1) is 0 Å². The normalized spacial score (nSPS) is 38.4. The van der Waals surface area contributed by atoms with Crippen molar-refractivity contribution in [3.8, 4) is 0 Å². The summed E-state index contributed by atoms with van der Waals surface area (Å²) in [5.41, 5.74) is 3.07. The quantitative estimate of drug-likeness (QED) is 0.857. The second-order valence-corrected chi connectivity index (χ2v) is 7.48. The molecule has 0 saturated heterocycles. The Morgan fingerprint density at radius 3 is 2.05 bits per heavy atom. The van der Waals surface area contributed by atoms with Crippen molar-refractivity contribution in [2.24, 2.45) is 23.7 Å². The van der Waals surface area contributed by atoms with Gasteiger partial charge < -0.3 is 5.32 Å². The molecule has 0 spiro atoms. The maximum absolute atomic E-state index is 3.42. The number of nitrogens with one attached hydrogen (secondary N) is 1. The maximum Gasteiger partial charge on any atom is 0.0205 e. The first-order valence-corrected chi connectivity index (χ1v) is 8.63. The molecular formula is C19H27N. The van der Waals surface area contributed by atoms with E-state index in [0.29, 0.717) is 0 Å². The van der Waals surface area contributed by atoms with Gasteiger partial charge in [0.2, 0.25) is 0 Å². The Labute approximate surface area is 123 Å². The van der Waals surface area contributed by atoms with E-state index in [2.05, 4.69) is 36.5 Å². The van der Waals surface area contributed by atoms with Gasteiger partial charge in [-0.2, -0.15) is 0 Å². The fourth-order valence-electron chi connectivity index (χ4n) is 5.60.